The lowest BCUT2D eigenvalue weighted by atomic mass is 10.1. The summed E-state index contributed by atoms with van der Waals surface area (Å²) in [6.07, 6.45) is -4.52. The summed E-state index contributed by atoms with van der Waals surface area (Å²) >= 11 is 0.767. The molecule has 0 bridgehead atoms. The smallest absolute Gasteiger partial charge is 0.434 e. The Morgan fingerprint density at radius 1 is 1.28 bits per heavy atom. The molecule has 0 spiro atoms. The van der Waals surface area contributed by atoms with Crippen LogP contribution in [0.3, 0.4) is 0 Å². The van der Waals surface area contributed by atoms with E-state index in [9.17, 15) is 18.0 Å². The van der Waals surface area contributed by atoms with Gasteiger partial charge in [0.15, 0.2) is 5.69 Å². The van der Waals surface area contributed by atoms with E-state index in [1.807, 2.05) is 0 Å². The molecule has 0 saturated carbocycles. The number of benzene rings is 1. The van der Waals surface area contributed by atoms with Crippen LogP contribution in [0.5, 0.6) is 0 Å². The van der Waals surface area contributed by atoms with E-state index < -0.39 is 17.8 Å². The lowest BCUT2D eigenvalue weighted by Crippen LogP contribution is -2.05. The molecule has 1 aromatic carbocycles. The van der Waals surface area contributed by atoms with Crippen molar-refractivity contribution in [3.05, 3.63) is 40.9 Å². The summed E-state index contributed by atoms with van der Waals surface area (Å²) in [5.74, 6) is -1.20. The number of halogens is 3. The minimum atomic E-state index is -4.52. The summed E-state index contributed by atoms with van der Waals surface area (Å²) in [6.45, 7) is 0. The van der Waals surface area contributed by atoms with Crippen LogP contribution in [0.4, 0.5) is 13.2 Å². The van der Waals surface area contributed by atoms with Gasteiger partial charge in [0.1, 0.15) is 5.01 Å². The second-order valence-corrected chi connectivity index (χ2v) is 4.24. The molecule has 3 nitrogen and oxygen atoms in total. The average molecular weight is 273 g/mol. The van der Waals surface area contributed by atoms with Gasteiger partial charge in [0.2, 0.25) is 0 Å². The molecular weight excluding hydrogens is 267 g/mol. The third kappa shape index (κ3) is 2.35. The van der Waals surface area contributed by atoms with E-state index >= 15 is 0 Å². The van der Waals surface area contributed by atoms with Crippen LogP contribution in [-0.2, 0) is 6.18 Å². The molecule has 2 rings (SSSR count). The van der Waals surface area contributed by atoms with Gasteiger partial charge in [-0.05, 0) is 6.07 Å². The van der Waals surface area contributed by atoms with E-state index in [0.717, 1.165) is 16.7 Å². The summed E-state index contributed by atoms with van der Waals surface area (Å²) in [5, 5.41) is 9.86. The van der Waals surface area contributed by atoms with E-state index in [-0.39, 0.29) is 16.1 Å². The highest BCUT2D eigenvalue weighted by Gasteiger charge is 2.34. The molecule has 18 heavy (non-hydrogen) atoms. The molecule has 0 atom stereocenters. The van der Waals surface area contributed by atoms with Crippen LogP contribution in [0.2, 0.25) is 0 Å². The van der Waals surface area contributed by atoms with Gasteiger partial charge in [0, 0.05) is 10.9 Å². The van der Waals surface area contributed by atoms with E-state index in [0.29, 0.717) is 0 Å². The lowest BCUT2D eigenvalue weighted by Gasteiger charge is -2.02. The Hall–Kier alpha value is -1.89. The Morgan fingerprint density at radius 3 is 2.50 bits per heavy atom. The molecule has 0 saturated heterocycles. The van der Waals surface area contributed by atoms with Crippen LogP contribution in [0.25, 0.3) is 10.6 Å². The largest absolute Gasteiger partial charge is 0.478 e. The van der Waals surface area contributed by atoms with Crippen molar-refractivity contribution in [3.63, 3.8) is 0 Å². The van der Waals surface area contributed by atoms with Gasteiger partial charge in [0.05, 0.1) is 5.56 Å². The van der Waals surface area contributed by atoms with Gasteiger partial charge >= 0.3 is 12.1 Å². The molecule has 0 radical (unpaired) electrons. The number of rotatable bonds is 2. The average Bonchev–Trinajstić information content (AvgIpc) is 2.77. The first kappa shape index (κ1) is 12.6. The molecular formula is C11H6F3NO2S. The van der Waals surface area contributed by atoms with Gasteiger partial charge in [-0.15, -0.1) is 11.3 Å². The van der Waals surface area contributed by atoms with Crippen LogP contribution in [0.1, 0.15) is 16.1 Å². The van der Waals surface area contributed by atoms with E-state index in [4.69, 9.17) is 5.11 Å². The number of thiazole rings is 1. The third-order valence-corrected chi connectivity index (χ3v) is 3.06. The SMILES string of the molecule is O=C(O)c1ccccc1-c1nc(C(F)(F)F)cs1. The molecule has 0 fully saturated rings. The fourth-order valence-electron chi connectivity index (χ4n) is 1.38. The standard InChI is InChI=1S/C11H6F3NO2S/c12-11(13,14)8-5-18-9(15-8)6-3-1-2-4-7(6)10(16)17/h1-5H,(H,16,17). The minimum Gasteiger partial charge on any atom is -0.478 e. The fourth-order valence-corrected chi connectivity index (χ4v) is 2.25. The Labute approximate surface area is 104 Å². The molecule has 2 aromatic rings. The number of aromatic nitrogens is 1. The number of carboxylic acid groups (broad SMARTS) is 1. The number of hydrogen-bond donors (Lipinski definition) is 1. The molecule has 0 unspecified atom stereocenters. The molecule has 0 aliphatic heterocycles. The first-order valence-corrected chi connectivity index (χ1v) is 5.63. The maximum atomic E-state index is 12.4. The maximum Gasteiger partial charge on any atom is 0.434 e. The van der Waals surface area contributed by atoms with Crippen molar-refractivity contribution >= 4 is 17.3 Å². The van der Waals surface area contributed by atoms with E-state index in [1.165, 1.54) is 18.2 Å². The first-order valence-electron chi connectivity index (χ1n) is 4.75. The summed E-state index contributed by atoms with van der Waals surface area (Å²) in [4.78, 5) is 14.4. The zero-order chi connectivity index (χ0) is 13.3. The number of hydrogen-bond acceptors (Lipinski definition) is 3. The predicted molar refractivity (Wildman–Crippen MR) is 59.5 cm³/mol. The molecule has 1 N–H and O–H groups in total. The van der Waals surface area contributed by atoms with Gasteiger partial charge < -0.3 is 5.11 Å². The van der Waals surface area contributed by atoms with Crippen LogP contribution in [0, 0.1) is 0 Å². The van der Waals surface area contributed by atoms with Crippen LogP contribution >= 0.6 is 11.3 Å². The van der Waals surface area contributed by atoms with Crippen molar-refractivity contribution in [2.24, 2.45) is 0 Å². The summed E-state index contributed by atoms with van der Waals surface area (Å²) in [6, 6.07) is 5.82. The van der Waals surface area contributed by atoms with Crippen molar-refractivity contribution in [1.82, 2.24) is 4.98 Å². The zero-order valence-electron chi connectivity index (χ0n) is 8.73. The topological polar surface area (TPSA) is 50.2 Å². The van der Waals surface area contributed by atoms with Gasteiger partial charge in [-0.2, -0.15) is 13.2 Å². The van der Waals surface area contributed by atoms with Crippen LogP contribution in [0.15, 0.2) is 29.6 Å². The van der Waals surface area contributed by atoms with Gasteiger partial charge in [-0.1, -0.05) is 18.2 Å². The van der Waals surface area contributed by atoms with Crippen LogP contribution < -0.4 is 0 Å². The highest BCUT2D eigenvalue weighted by Crippen LogP contribution is 2.34. The molecule has 1 aromatic heterocycles. The van der Waals surface area contributed by atoms with Crippen molar-refractivity contribution < 1.29 is 23.1 Å². The van der Waals surface area contributed by atoms with Crippen molar-refractivity contribution in [3.8, 4) is 10.6 Å². The lowest BCUT2D eigenvalue weighted by molar-refractivity contribution is -0.140. The molecule has 94 valence electrons. The van der Waals surface area contributed by atoms with Crippen LogP contribution in [-0.4, -0.2) is 16.1 Å². The predicted octanol–water partition coefficient (Wildman–Crippen LogP) is 3.53. The number of carboxylic acids is 1. The second kappa shape index (κ2) is 4.41. The summed E-state index contributed by atoms with van der Waals surface area (Å²) in [7, 11) is 0. The Morgan fingerprint density at radius 2 is 1.94 bits per heavy atom. The number of carbonyl (C=O) groups is 1. The third-order valence-electron chi connectivity index (χ3n) is 2.18. The van der Waals surface area contributed by atoms with Crippen molar-refractivity contribution in [1.29, 1.82) is 0 Å². The number of nitrogens with zero attached hydrogens (tertiary/aromatic N) is 1. The van der Waals surface area contributed by atoms with Crippen molar-refractivity contribution in [2.45, 2.75) is 6.18 Å². The highest BCUT2D eigenvalue weighted by molar-refractivity contribution is 7.13. The molecule has 0 aliphatic carbocycles. The molecule has 1 heterocycles. The monoisotopic (exact) mass is 273 g/mol. The second-order valence-electron chi connectivity index (χ2n) is 3.39. The minimum absolute atomic E-state index is 0.0420. The van der Waals surface area contributed by atoms with E-state index in [2.05, 4.69) is 4.98 Å². The zero-order valence-corrected chi connectivity index (χ0v) is 9.55. The van der Waals surface area contributed by atoms with Gasteiger partial charge in [0.25, 0.3) is 0 Å². The maximum absolute atomic E-state index is 12.4. The fraction of sp³-hybridized carbons (Fsp3) is 0.0909. The van der Waals surface area contributed by atoms with Gasteiger partial charge in [-0.25, -0.2) is 9.78 Å². The summed E-state index contributed by atoms with van der Waals surface area (Å²) in [5.41, 5.74) is -0.895. The molecule has 0 aliphatic rings. The van der Waals surface area contributed by atoms with Crippen molar-refractivity contribution in [2.75, 3.05) is 0 Å². The number of aromatic carboxylic acids is 1. The Balaban J connectivity index is 2.50. The highest BCUT2D eigenvalue weighted by atomic mass is 32.1. The normalized spacial score (nSPS) is 11.5. The Bertz CT molecular complexity index is 592. The van der Waals surface area contributed by atoms with Gasteiger partial charge in [-0.3, -0.25) is 0 Å². The molecule has 7 heteroatoms. The number of alkyl halides is 3. The quantitative estimate of drug-likeness (QED) is 0.910. The first-order chi connectivity index (χ1) is 8.39. The summed E-state index contributed by atoms with van der Waals surface area (Å²) < 4.78 is 37.2. The van der Waals surface area contributed by atoms with E-state index in [1.54, 1.807) is 6.07 Å². The molecule has 0 amide bonds. The Kier molecular flexibility index (Phi) is 3.08.